The first-order chi connectivity index (χ1) is 17.2. The van der Waals surface area contributed by atoms with Crippen LogP contribution in [0.25, 0.3) is 21.6 Å². The number of fused-ring (bicyclic) bond motifs is 5. The second kappa shape index (κ2) is 8.76. The van der Waals surface area contributed by atoms with Crippen molar-refractivity contribution >= 4 is 17.4 Å². The highest BCUT2D eigenvalue weighted by Gasteiger charge is 2.45. The van der Waals surface area contributed by atoms with Gasteiger partial charge in [0.15, 0.2) is 0 Å². The van der Waals surface area contributed by atoms with Crippen molar-refractivity contribution in [1.82, 2.24) is 14.9 Å². The summed E-state index contributed by atoms with van der Waals surface area (Å²) < 4.78 is 18.0. The highest BCUT2D eigenvalue weighted by molar-refractivity contribution is 7.15. The number of rotatable bonds is 3. The van der Waals surface area contributed by atoms with Gasteiger partial charge >= 0.3 is 6.09 Å². The van der Waals surface area contributed by atoms with Crippen molar-refractivity contribution in [1.29, 1.82) is 0 Å². The van der Waals surface area contributed by atoms with Crippen molar-refractivity contribution in [3.05, 3.63) is 47.1 Å². The molecule has 0 aliphatic carbocycles. The van der Waals surface area contributed by atoms with E-state index < -0.39 is 5.60 Å². The van der Waals surface area contributed by atoms with E-state index >= 15 is 0 Å². The lowest BCUT2D eigenvalue weighted by molar-refractivity contribution is -0.00765. The fraction of sp³-hybridized carbons (Fsp3) is 0.464. The summed E-state index contributed by atoms with van der Waals surface area (Å²) in [7, 11) is 0. The maximum atomic E-state index is 12.7. The van der Waals surface area contributed by atoms with E-state index in [-0.39, 0.29) is 24.3 Å². The number of nitrogens with zero attached hydrogens (tertiary/aromatic N) is 3. The van der Waals surface area contributed by atoms with Crippen LogP contribution in [-0.4, -0.2) is 44.7 Å². The maximum absolute atomic E-state index is 12.7. The molecule has 0 spiro atoms. The summed E-state index contributed by atoms with van der Waals surface area (Å²) >= 11 is 1.69. The Morgan fingerprint density at radius 2 is 1.86 bits per heavy atom. The molecule has 2 saturated heterocycles. The average Bonchev–Trinajstić information content (AvgIpc) is 3.38. The molecule has 1 amide bonds. The summed E-state index contributed by atoms with van der Waals surface area (Å²) in [5, 5.41) is 1.06. The van der Waals surface area contributed by atoms with Crippen molar-refractivity contribution in [2.24, 2.45) is 0 Å². The van der Waals surface area contributed by atoms with Gasteiger partial charge in [-0.3, -0.25) is 0 Å². The number of thiazole rings is 1. The molecule has 3 atom stereocenters. The van der Waals surface area contributed by atoms with Crippen LogP contribution in [0.5, 0.6) is 11.8 Å². The van der Waals surface area contributed by atoms with Crippen molar-refractivity contribution < 1.29 is 19.0 Å². The summed E-state index contributed by atoms with van der Waals surface area (Å²) in [4.78, 5) is 24.9. The molecule has 7 nitrogen and oxygen atoms in total. The van der Waals surface area contributed by atoms with Gasteiger partial charge in [-0.1, -0.05) is 12.1 Å². The zero-order valence-corrected chi connectivity index (χ0v) is 21.9. The molecule has 2 fully saturated rings. The Bertz CT molecular complexity index is 1300. The van der Waals surface area contributed by atoms with Gasteiger partial charge in [0, 0.05) is 42.8 Å². The van der Waals surface area contributed by atoms with Crippen molar-refractivity contribution in [3.63, 3.8) is 0 Å². The highest BCUT2D eigenvalue weighted by Crippen LogP contribution is 2.41. The Labute approximate surface area is 215 Å². The molecule has 36 heavy (non-hydrogen) atoms. The molecule has 8 heteroatoms. The molecular weight excluding hydrogens is 474 g/mol. The molecule has 0 saturated carbocycles. The van der Waals surface area contributed by atoms with Gasteiger partial charge in [-0.05, 0) is 69.4 Å². The molecule has 5 heterocycles. The minimum Gasteiger partial charge on any atom is -0.474 e. The van der Waals surface area contributed by atoms with Crippen LogP contribution in [0, 0.1) is 6.92 Å². The van der Waals surface area contributed by atoms with E-state index in [9.17, 15) is 4.79 Å². The highest BCUT2D eigenvalue weighted by atomic mass is 32.1. The topological polar surface area (TPSA) is 73.8 Å². The molecule has 3 aliphatic rings. The number of hydrogen-bond donors (Lipinski definition) is 0. The number of hydrogen-bond acceptors (Lipinski definition) is 7. The summed E-state index contributed by atoms with van der Waals surface area (Å²) in [5.74, 6) is 1.18. The van der Waals surface area contributed by atoms with Crippen LogP contribution >= 0.6 is 11.3 Å². The van der Waals surface area contributed by atoms with Crippen LogP contribution in [0.15, 0.2) is 36.5 Å². The lowest BCUT2D eigenvalue weighted by atomic mass is 9.96. The zero-order chi connectivity index (χ0) is 25.0. The molecule has 188 valence electrons. The molecular formula is C28H31N3O4S. The van der Waals surface area contributed by atoms with Gasteiger partial charge in [-0.25, -0.2) is 9.78 Å². The van der Waals surface area contributed by atoms with E-state index in [0.717, 1.165) is 57.8 Å². The summed E-state index contributed by atoms with van der Waals surface area (Å²) in [6.07, 6.45) is 5.30. The predicted octanol–water partition coefficient (Wildman–Crippen LogP) is 6.38. The Morgan fingerprint density at radius 1 is 1.11 bits per heavy atom. The maximum Gasteiger partial charge on any atom is 0.410 e. The molecule has 0 radical (unpaired) electrons. The summed E-state index contributed by atoms with van der Waals surface area (Å²) in [5.41, 5.74) is 3.94. The van der Waals surface area contributed by atoms with E-state index in [2.05, 4.69) is 23.2 Å². The Hall–Kier alpha value is -3.13. The Balaban J connectivity index is 1.16. The minimum atomic E-state index is -0.489. The molecule has 3 aliphatic heterocycles. The lowest BCUT2D eigenvalue weighted by Crippen LogP contribution is -2.50. The first-order valence-electron chi connectivity index (χ1n) is 12.6. The summed E-state index contributed by atoms with van der Waals surface area (Å²) in [6.45, 7) is 8.22. The van der Waals surface area contributed by atoms with Crippen LogP contribution in [0.3, 0.4) is 0 Å². The fourth-order valence-corrected chi connectivity index (χ4v) is 6.35. The smallest absolute Gasteiger partial charge is 0.410 e. The number of benzene rings is 1. The van der Waals surface area contributed by atoms with Crippen LogP contribution in [0.4, 0.5) is 4.79 Å². The fourth-order valence-electron chi connectivity index (χ4n) is 5.58. The van der Waals surface area contributed by atoms with Gasteiger partial charge in [0.1, 0.15) is 18.3 Å². The van der Waals surface area contributed by atoms with Gasteiger partial charge in [-0.15, -0.1) is 11.3 Å². The van der Waals surface area contributed by atoms with Gasteiger partial charge < -0.3 is 19.1 Å². The summed E-state index contributed by atoms with van der Waals surface area (Å²) in [6, 6.07) is 10.7. The Kier molecular flexibility index (Phi) is 5.67. The Morgan fingerprint density at radius 3 is 2.56 bits per heavy atom. The first kappa shape index (κ1) is 23.3. The van der Waals surface area contributed by atoms with E-state index in [1.165, 1.54) is 0 Å². The normalized spacial score (nSPS) is 22.4. The number of amides is 1. The SMILES string of the molecule is Cc1ncc(-c2ccc3c(c2)COc2nc(OC4C[C@H]5CC[C@@H](C4)N5C(=O)OC(C)(C)C)ccc2-3)s1. The number of piperidine rings is 1. The quantitative estimate of drug-likeness (QED) is 0.411. The molecule has 2 aromatic heterocycles. The largest absolute Gasteiger partial charge is 0.474 e. The minimum absolute atomic E-state index is 0.0213. The van der Waals surface area contributed by atoms with E-state index in [4.69, 9.17) is 19.2 Å². The monoisotopic (exact) mass is 505 g/mol. The number of carbonyl (C=O) groups is 1. The second-order valence-corrected chi connectivity index (χ2v) is 12.1. The number of aromatic nitrogens is 2. The third kappa shape index (κ3) is 4.43. The number of aryl methyl sites for hydroxylation is 1. The standard InChI is InChI=1S/C28H31N3O4S/c1-16-29-14-24(36-16)17-5-8-22-18(11-17)15-33-26-23(22)9-10-25(30-26)34-21-12-19-6-7-20(13-21)31(19)27(32)35-28(2,3)4/h5,8-11,14,19-21H,6-7,12-13,15H2,1-4H3/t19-,20+,21?. The number of pyridine rings is 1. The van der Waals surface area contributed by atoms with Gasteiger partial charge in [0.05, 0.1) is 9.88 Å². The molecule has 2 bridgehead atoms. The zero-order valence-electron chi connectivity index (χ0n) is 21.1. The van der Waals surface area contributed by atoms with Gasteiger partial charge in [-0.2, -0.15) is 4.98 Å². The van der Waals surface area contributed by atoms with Crippen LogP contribution in [0.2, 0.25) is 0 Å². The van der Waals surface area contributed by atoms with Crippen molar-refractivity contribution in [3.8, 4) is 33.3 Å². The molecule has 3 aromatic rings. The first-order valence-corrected chi connectivity index (χ1v) is 13.4. The van der Waals surface area contributed by atoms with E-state index in [0.29, 0.717) is 18.4 Å². The van der Waals surface area contributed by atoms with Crippen molar-refractivity contribution in [2.45, 2.75) is 83.8 Å². The molecule has 1 aromatic carbocycles. The molecule has 1 unspecified atom stereocenters. The third-order valence-electron chi connectivity index (χ3n) is 7.08. The van der Waals surface area contributed by atoms with E-state index in [1.807, 2.05) is 50.9 Å². The second-order valence-electron chi connectivity index (χ2n) is 10.9. The van der Waals surface area contributed by atoms with Crippen LogP contribution in [-0.2, 0) is 11.3 Å². The van der Waals surface area contributed by atoms with Gasteiger partial charge in [0.25, 0.3) is 0 Å². The van der Waals surface area contributed by atoms with Crippen molar-refractivity contribution in [2.75, 3.05) is 0 Å². The lowest BCUT2D eigenvalue weighted by Gasteiger charge is -2.39. The number of carbonyl (C=O) groups excluding carboxylic acids is 1. The van der Waals surface area contributed by atoms with E-state index in [1.54, 1.807) is 11.3 Å². The molecule has 0 N–H and O–H groups in total. The number of ether oxygens (including phenoxy) is 3. The average molecular weight is 506 g/mol. The third-order valence-corrected chi connectivity index (χ3v) is 8.04. The van der Waals surface area contributed by atoms with Gasteiger partial charge in [0.2, 0.25) is 11.8 Å². The van der Waals surface area contributed by atoms with Crippen LogP contribution < -0.4 is 9.47 Å². The van der Waals surface area contributed by atoms with Crippen LogP contribution in [0.1, 0.15) is 57.0 Å². The molecule has 6 rings (SSSR count). The predicted molar refractivity (Wildman–Crippen MR) is 138 cm³/mol.